The fraction of sp³-hybridized carbons (Fsp3) is 0.900. The summed E-state index contributed by atoms with van der Waals surface area (Å²) in [5.41, 5.74) is 0.277. The summed E-state index contributed by atoms with van der Waals surface area (Å²) < 4.78 is 10.5. The normalized spacial score (nSPS) is 13.2. The van der Waals surface area contributed by atoms with Gasteiger partial charge in [0.25, 0.3) is 0 Å². The summed E-state index contributed by atoms with van der Waals surface area (Å²) in [6.07, 6.45) is -0.155. The molecule has 1 atom stereocenters. The maximum atomic E-state index is 9.38. The topological polar surface area (TPSA) is 62.5 Å². The van der Waals surface area contributed by atoms with Gasteiger partial charge in [-0.05, 0) is 20.3 Å². The van der Waals surface area contributed by atoms with Gasteiger partial charge in [0.2, 0.25) is 0 Å². The number of aliphatic hydroxyl groups excluding tert-OH is 1. The minimum atomic E-state index is -0.668. The standard InChI is InChI=1S/C10H21NO3/c1-4-9(12)8(11)7-10(13-5-2)14-6-3/h9-12H,4-7H2,1-3H3. The molecule has 4 heteroatoms. The maximum Gasteiger partial charge on any atom is 0.162 e. The van der Waals surface area contributed by atoms with E-state index in [0.717, 1.165) is 0 Å². The molecule has 0 bridgehead atoms. The average Bonchev–Trinajstić information content (AvgIpc) is 2.17. The number of hydrogen-bond donors (Lipinski definition) is 2. The molecule has 0 saturated carbocycles. The van der Waals surface area contributed by atoms with Crippen molar-refractivity contribution in [1.29, 1.82) is 5.41 Å². The molecule has 0 aromatic carbocycles. The molecule has 0 heterocycles. The van der Waals surface area contributed by atoms with Crippen LogP contribution in [0.4, 0.5) is 0 Å². The van der Waals surface area contributed by atoms with E-state index in [9.17, 15) is 5.11 Å². The molecule has 0 amide bonds. The van der Waals surface area contributed by atoms with E-state index in [4.69, 9.17) is 14.9 Å². The molecule has 1 unspecified atom stereocenters. The lowest BCUT2D eigenvalue weighted by Crippen LogP contribution is -2.27. The van der Waals surface area contributed by atoms with E-state index in [2.05, 4.69) is 0 Å². The van der Waals surface area contributed by atoms with Gasteiger partial charge in [-0.1, -0.05) is 6.92 Å². The number of ether oxygens (including phenoxy) is 2. The number of hydrogen-bond acceptors (Lipinski definition) is 4. The lowest BCUT2D eigenvalue weighted by molar-refractivity contribution is -0.131. The van der Waals surface area contributed by atoms with Crippen LogP contribution in [0.15, 0.2) is 0 Å². The summed E-state index contributed by atoms with van der Waals surface area (Å²) >= 11 is 0. The van der Waals surface area contributed by atoms with Crippen molar-refractivity contribution in [3.8, 4) is 0 Å². The van der Waals surface area contributed by atoms with Crippen LogP contribution in [0.1, 0.15) is 33.6 Å². The Morgan fingerprint density at radius 1 is 1.21 bits per heavy atom. The Morgan fingerprint density at radius 3 is 2.07 bits per heavy atom. The summed E-state index contributed by atoms with van der Waals surface area (Å²) in [5.74, 6) is 0. The van der Waals surface area contributed by atoms with Gasteiger partial charge in [-0.3, -0.25) is 0 Å². The largest absolute Gasteiger partial charge is 0.387 e. The van der Waals surface area contributed by atoms with Gasteiger partial charge in [0.05, 0.1) is 6.10 Å². The Morgan fingerprint density at radius 2 is 1.71 bits per heavy atom. The highest BCUT2D eigenvalue weighted by Gasteiger charge is 2.15. The van der Waals surface area contributed by atoms with E-state index in [-0.39, 0.29) is 5.71 Å². The van der Waals surface area contributed by atoms with Crippen molar-refractivity contribution in [3.05, 3.63) is 0 Å². The van der Waals surface area contributed by atoms with Crippen LogP contribution in [0.5, 0.6) is 0 Å². The van der Waals surface area contributed by atoms with Gasteiger partial charge in [0, 0.05) is 25.3 Å². The second-order valence-electron chi connectivity index (χ2n) is 2.99. The first kappa shape index (κ1) is 13.5. The molecule has 0 aliphatic rings. The van der Waals surface area contributed by atoms with Crippen molar-refractivity contribution in [3.63, 3.8) is 0 Å². The van der Waals surface area contributed by atoms with Crippen LogP contribution >= 0.6 is 0 Å². The monoisotopic (exact) mass is 203 g/mol. The van der Waals surface area contributed by atoms with Crippen LogP contribution in [0.3, 0.4) is 0 Å². The predicted octanol–water partition coefficient (Wildman–Crippen LogP) is 1.57. The van der Waals surface area contributed by atoms with E-state index >= 15 is 0 Å². The van der Waals surface area contributed by atoms with E-state index in [1.807, 2.05) is 20.8 Å². The van der Waals surface area contributed by atoms with E-state index in [1.54, 1.807) is 0 Å². The molecule has 0 aliphatic heterocycles. The molecule has 4 nitrogen and oxygen atoms in total. The molecular formula is C10H21NO3. The maximum absolute atomic E-state index is 9.38. The van der Waals surface area contributed by atoms with Gasteiger partial charge in [0.1, 0.15) is 0 Å². The zero-order valence-corrected chi connectivity index (χ0v) is 9.25. The Balaban J connectivity index is 3.94. The fourth-order valence-corrected chi connectivity index (χ4v) is 1.10. The number of aliphatic hydroxyl groups is 1. The minimum Gasteiger partial charge on any atom is -0.387 e. The van der Waals surface area contributed by atoms with Gasteiger partial charge in [-0.25, -0.2) is 0 Å². The van der Waals surface area contributed by atoms with Crippen molar-refractivity contribution in [2.24, 2.45) is 0 Å². The molecule has 0 rings (SSSR count). The molecular weight excluding hydrogens is 182 g/mol. The molecule has 84 valence electrons. The molecule has 0 aromatic rings. The third-order valence-electron chi connectivity index (χ3n) is 1.88. The second-order valence-corrected chi connectivity index (χ2v) is 2.99. The fourth-order valence-electron chi connectivity index (χ4n) is 1.10. The first-order valence-electron chi connectivity index (χ1n) is 5.14. The van der Waals surface area contributed by atoms with Gasteiger partial charge in [0.15, 0.2) is 6.29 Å². The second kappa shape index (κ2) is 7.91. The van der Waals surface area contributed by atoms with Gasteiger partial charge >= 0.3 is 0 Å². The summed E-state index contributed by atoms with van der Waals surface area (Å²) in [7, 11) is 0. The van der Waals surface area contributed by atoms with Crippen molar-refractivity contribution < 1.29 is 14.6 Å². The zero-order valence-electron chi connectivity index (χ0n) is 9.25. The number of nitrogens with one attached hydrogen (secondary N) is 1. The van der Waals surface area contributed by atoms with Crippen LogP contribution < -0.4 is 0 Å². The lowest BCUT2D eigenvalue weighted by Gasteiger charge is -2.18. The Labute approximate surface area is 85.7 Å². The van der Waals surface area contributed by atoms with Crippen molar-refractivity contribution in [1.82, 2.24) is 0 Å². The minimum absolute atomic E-state index is 0.277. The van der Waals surface area contributed by atoms with Crippen LogP contribution in [-0.4, -0.2) is 36.4 Å². The van der Waals surface area contributed by atoms with E-state index in [1.165, 1.54) is 0 Å². The molecule has 0 aliphatic carbocycles. The van der Waals surface area contributed by atoms with Crippen molar-refractivity contribution >= 4 is 5.71 Å². The predicted molar refractivity (Wildman–Crippen MR) is 55.7 cm³/mol. The summed E-state index contributed by atoms with van der Waals surface area (Å²) in [5, 5.41) is 16.9. The molecule has 0 fully saturated rings. The lowest BCUT2D eigenvalue weighted by atomic mass is 10.1. The summed E-state index contributed by atoms with van der Waals surface area (Å²) in [4.78, 5) is 0. The summed E-state index contributed by atoms with van der Waals surface area (Å²) in [6, 6.07) is 0. The van der Waals surface area contributed by atoms with Gasteiger partial charge in [-0.2, -0.15) is 0 Å². The highest BCUT2D eigenvalue weighted by atomic mass is 16.7. The molecule has 0 saturated heterocycles. The average molecular weight is 203 g/mol. The van der Waals surface area contributed by atoms with Crippen molar-refractivity contribution in [2.75, 3.05) is 13.2 Å². The first-order valence-corrected chi connectivity index (χ1v) is 5.14. The Kier molecular flexibility index (Phi) is 7.65. The number of rotatable bonds is 8. The van der Waals surface area contributed by atoms with Gasteiger partial charge < -0.3 is 20.0 Å². The first-order chi connectivity index (χ1) is 6.65. The SMILES string of the molecule is CCOC(CC(=N)C(O)CC)OCC. The highest BCUT2D eigenvalue weighted by molar-refractivity contribution is 5.85. The molecule has 2 N–H and O–H groups in total. The van der Waals surface area contributed by atoms with Crippen LogP contribution in [0.2, 0.25) is 0 Å². The molecule has 14 heavy (non-hydrogen) atoms. The van der Waals surface area contributed by atoms with Gasteiger partial charge in [-0.15, -0.1) is 0 Å². The zero-order chi connectivity index (χ0) is 11.0. The Bertz CT molecular complexity index is 155. The highest BCUT2D eigenvalue weighted by Crippen LogP contribution is 2.06. The van der Waals surface area contributed by atoms with Crippen LogP contribution in [0.25, 0.3) is 0 Å². The quantitative estimate of drug-likeness (QED) is 0.465. The summed E-state index contributed by atoms with van der Waals surface area (Å²) in [6.45, 7) is 6.72. The molecule has 0 spiro atoms. The molecule has 0 radical (unpaired) electrons. The van der Waals surface area contributed by atoms with E-state index in [0.29, 0.717) is 26.1 Å². The van der Waals surface area contributed by atoms with Crippen LogP contribution in [-0.2, 0) is 9.47 Å². The Hall–Kier alpha value is -0.450. The van der Waals surface area contributed by atoms with Crippen molar-refractivity contribution in [2.45, 2.75) is 46.0 Å². The third kappa shape index (κ3) is 5.32. The third-order valence-corrected chi connectivity index (χ3v) is 1.88. The molecule has 0 aromatic heterocycles. The smallest absolute Gasteiger partial charge is 0.162 e. The van der Waals surface area contributed by atoms with E-state index < -0.39 is 12.4 Å². The van der Waals surface area contributed by atoms with Crippen LogP contribution in [0, 0.1) is 5.41 Å².